The highest BCUT2D eigenvalue weighted by atomic mass is 19.1. The zero-order valence-corrected chi connectivity index (χ0v) is 23.5. The summed E-state index contributed by atoms with van der Waals surface area (Å²) in [5, 5.41) is 7.65. The van der Waals surface area contributed by atoms with Gasteiger partial charge in [0.25, 0.3) is 5.91 Å². The van der Waals surface area contributed by atoms with Gasteiger partial charge in [0.05, 0.1) is 18.3 Å². The number of primary amides is 1. The lowest BCUT2D eigenvalue weighted by molar-refractivity contribution is -0.123. The molecule has 0 spiro atoms. The molecule has 0 saturated heterocycles. The molecule has 1 aliphatic carbocycles. The number of pyridine rings is 2. The summed E-state index contributed by atoms with van der Waals surface area (Å²) in [5.41, 5.74) is 10.2. The van der Waals surface area contributed by atoms with Gasteiger partial charge in [-0.1, -0.05) is 6.92 Å². The number of carbonyl (C=O) groups excluding carboxylic acids is 2. The molecule has 2 atom stereocenters. The molecule has 10 heteroatoms. The quantitative estimate of drug-likeness (QED) is 0.331. The van der Waals surface area contributed by atoms with E-state index < -0.39 is 11.3 Å². The van der Waals surface area contributed by atoms with Crippen molar-refractivity contribution in [2.24, 2.45) is 5.73 Å². The molecule has 9 nitrogen and oxygen atoms in total. The number of methoxy groups -OCH3 is 1. The molecule has 1 aliphatic heterocycles. The van der Waals surface area contributed by atoms with E-state index in [0.29, 0.717) is 51.2 Å². The van der Waals surface area contributed by atoms with Crippen LogP contribution in [0.2, 0.25) is 0 Å². The standard InChI is InChI=1S/C31H32FN5O4/c1-16-9-20(32)7-8-22(16)27-28-23(31(3,15-41-28)30(33)39)13-24(35-27)17(2)14-34-29(38)19-10-21-12-25(18-5-6-18)36-37(21)26(11-19)40-4/h7-13,17-18H,5-6,14-15H2,1-4H3,(H2,33,39)(H,34,38)/t17?,31-/m0/s1. The first-order valence-electron chi connectivity index (χ1n) is 13.7. The summed E-state index contributed by atoms with van der Waals surface area (Å²) >= 11 is 0. The Morgan fingerprint density at radius 3 is 2.71 bits per heavy atom. The molecule has 0 radical (unpaired) electrons. The molecule has 1 aromatic carbocycles. The van der Waals surface area contributed by atoms with Gasteiger partial charge in [-0.15, -0.1) is 0 Å². The molecule has 3 aromatic heterocycles. The molecule has 1 fully saturated rings. The fourth-order valence-electron chi connectivity index (χ4n) is 5.33. The van der Waals surface area contributed by atoms with Crippen LogP contribution in [0.3, 0.4) is 0 Å². The Bertz CT molecular complexity index is 1710. The first-order chi connectivity index (χ1) is 19.6. The van der Waals surface area contributed by atoms with Gasteiger partial charge < -0.3 is 20.5 Å². The highest BCUT2D eigenvalue weighted by Crippen LogP contribution is 2.46. The SMILES string of the molecule is COc1cc(C(=O)NCC(C)c2cc3c(c(-c4ccc(F)cc4C)n2)OC[C@]3(C)C(N)=O)cc2cc(C3CC3)nn12. The molecule has 2 aliphatic rings. The Labute approximate surface area is 236 Å². The number of amides is 2. The second-order valence-corrected chi connectivity index (χ2v) is 11.3. The van der Waals surface area contributed by atoms with Crippen molar-refractivity contribution >= 4 is 17.3 Å². The summed E-state index contributed by atoms with van der Waals surface area (Å²) in [5.74, 6) is 0.0721. The van der Waals surface area contributed by atoms with Crippen molar-refractivity contribution in [1.82, 2.24) is 19.9 Å². The Morgan fingerprint density at radius 1 is 1.24 bits per heavy atom. The minimum Gasteiger partial charge on any atom is -0.489 e. The van der Waals surface area contributed by atoms with E-state index in [-0.39, 0.29) is 30.8 Å². The molecular weight excluding hydrogens is 525 g/mol. The van der Waals surface area contributed by atoms with Gasteiger partial charge >= 0.3 is 0 Å². The number of aryl methyl sites for hydroxylation is 1. The van der Waals surface area contributed by atoms with Crippen molar-refractivity contribution < 1.29 is 23.5 Å². The van der Waals surface area contributed by atoms with Gasteiger partial charge in [0, 0.05) is 46.8 Å². The zero-order valence-electron chi connectivity index (χ0n) is 23.5. The summed E-state index contributed by atoms with van der Waals surface area (Å²) in [4.78, 5) is 30.6. The van der Waals surface area contributed by atoms with E-state index >= 15 is 0 Å². The van der Waals surface area contributed by atoms with Gasteiger partial charge in [0.1, 0.15) is 29.3 Å². The van der Waals surface area contributed by atoms with Crippen molar-refractivity contribution in [3.8, 4) is 22.9 Å². The van der Waals surface area contributed by atoms with Gasteiger partial charge in [0.2, 0.25) is 11.8 Å². The topological polar surface area (TPSA) is 121 Å². The number of aromatic nitrogens is 3. The predicted octanol–water partition coefficient (Wildman–Crippen LogP) is 4.40. The number of halogens is 1. The number of nitrogens with zero attached hydrogens (tertiary/aromatic N) is 3. The number of nitrogens with two attached hydrogens (primary N) is 1. The second kappa shape index (κ2) is 9.87. The molecular formula is C31H32FN5O4. The van der Waals surface area contributed by atoms with Crippen LogP contribution >= 0.6 is 0 Å². The van der Waals surface area contributed by atoms with Crippen molar-refractivity contribution in [2.45, 2.75) is 50.9 Å². The third kappa shape index (κ3) is 4.67. The average Bonchev–Trinajstić information content (AvgIpc) is 3.62. The van der Waals surface area contributed by atoms with Crippen LogP contribution < -0.4 is 20.5 Å². The predicted molar refractivity (Wildman–Crippen MR) is 151 cm³/mol. The number of hydrogen-bond donors (Lipinski definition) is 2. The van der Waals surface area contributed by atoms with E-state index in [1.54, 1.807) is 43.7 Å². The van der Waals surface area contributed by atoms with E-state index in [0.717, 1.165) is 24.1 Å². The smallest absolute Gasteiger partial charge is 0.251 e. The Hall–Kier alpha value is -4.47. The number of hydrogen-bond acceptors (Lipinski definition) is 6. The van der Waals surface area contributed by atoms with Crippen LogP contribution in [-0.2, 0) is 10.2 Å². The third-order valence-corrected chi connectivity index (χ3v) is 8.17. The van der Waals surface area contributed by atoms with Crippen molar-refractivity contribution in [1.29, 1.82) is 0 Å². The molecule has 0 bridgehead atoms. The van der Waals surface area contributed by atoms with Gasteiger partial charge in [-0.3, -0.25) is 9.59 Å². The lowest BCUT2D eigenvalue weighted by atomic mass is 9.82. The number of nitrogens with one attached hydrogen (secondary N) is 1. The maximum atomic E-state index is 13.9. The van der Waals surface area contributed by atoms with Crippen LogP contribution in [0, 0.1) is 12.7 Å². The van der Waals surface area contributed by atoms with Gasteiger partial charge in [-0.25, -0.2) is 13.9 Å². The van der Waals surface area contributed by atoms with E-state index in [9.17, 15) is 14.0 Å². The minimum absolute atomic E-state index is 0.0858. The molecule has 4 aromatic rings. The largest absolute Gasteiger partial charge is 0.489 e. The van der Waals surface area contributed by atoms with Crippen molar-refractivity contribution in [3.05, 3.63) is 76.4 Å². The monoisotopic (exact) mass is 557 g/mol. The summed E-state index contributed by atoms with van der Waals surface area (Å²) in [6, 6.07) is 11.8. The van der Waals surface area contributed by atoms with Crippen LogP contribution in [0.15, 0.2) is 42.5 Å². The molecule has 2 amide bonds. The van der Waals surface area contributed by atoms with E-state index in [1.807, 2.05) is 19.1 Å². The highest BCUT2D eigenvalue weighted by molar-refractivity contribution is 5.95. The van der Waals surface area contributed by atoms with Gasteiger partial charge in [-0.2, -0.15) is 5.10 Å². The lowest BCUT2D eigenvalue weighted by Gasteiger charge is -2.21. The average molecular weight is 558 g/mol. The van der Waals surface area contributed by atoms with Crippen LogP contribution in [0.4, 0.5) is 4.39 Å². The lowest BCUT2D eigenvalue weighted by Crippen LogP contribution is -2.39. The van der Waals surface area contributed by atoms with E-state index in [2.05, 4.69) is 10.4 Å². The Morgan fingerprint density at radius 2 is 2.02 bits per heavy atom. The van der Waals surface area contributed by atoms with Crippen LogP contribution in [0.1, 0.15) is 71.4 Å². The van der Waals surface area contributed by atoms with Gasteiger partial charge in [-0.05, 0) is 68.7 Å². The number of ether oxygens (including phenoxy) is 2. The third-order valence-electron chi connectivity index (χ3n) is 8.17. The number of carbonyl (C=O) groups is 2. The zero-order chi connectivity index (χ0) is 29.1. The maximum absolute atomic E-state index is 13.9. The Balaban J connectivity index is 1.30. The first-order valence-corrected chi connectivity index (χ1v) is 13.7. The van der Waals surface area contributed by atoms with Crippen molar-refractivity contribution in [3.63, 3.8) is 0 Å². The number of benzene rings is 1. The summed E-state index contributed by atoms with van der Waals surface area (Å²) in [6.45, 7) is 5.84. The molecule has 3 N–H and O–H groups in total. The second-order valence-electron chi connectivity index (χ2n) is 11.3. The van der Waals surface area contributed by atoms with E-state index in [4.69, 9.17) is 20.2 Å². The molecule has 6 rings (SSSR count). The molecule has 4 heterocycles. The number of rotatable bonds is 8. The first kappa shape index (κ1) is 26.7. The van der Waals surface area contributed by atoms with E-state index in [1.165, 1.54) is 12.1 Å². The molecule has 212 valence electrons. The maximum Gasteiger partial charge on any atom is 0.251 e. The molecule has 1 unspecified atom stereocenters. The molecule has 1 saturated carbocycles. The summed E-state index contributed by atoms with van der Waals surface area (Å²) < 4.78 is 27.1. The molecule has 41 heavy (non-hydrogen) atoms. The van der Waals surface area contributed by atoms with Crippen LogP contribution in [0.5, 0.6) is 11.6 Å². The van der Waals surface area contributed by atoms with Gasteiger partial charge in [0.15, 0.2) is 0 Å². The van der Waals surface area contributed by atoms with Crippen molar-refractivity contribution in [2.75, 3.05) is 20.3 Å². The minimum atomic E-state index is -1.05. The fraction of sp³-hybridized carbons (Fsp3) is 0.355. The Kier molecular flexibility index (Phi) is 6.43. The summed E-state index contributed by atoms with van der Waals surface area (Å²) in [6.07, 6.45) is 2.25. The van der Waals surface area contributed by atoms with Crippen LogP contribution in [-0.4, -0.2) is 46.7 Å². The van der Waals surface area contributed by atoms with Crippen LogP contribution in [0.25, 0.3) is 16.8 Å². The fourth-order valence-corrected chi connectivity index (χ4v) is 5.33. The highest BCUT2D eigenvalue weighted by Gasteiger charge is 2.44. The number of fused-ring (bicyclic) bond motifs is 2. The normalized spacial score (nSPS) is 18.6. The summed E-state index contributed by atoms with van der Waals surface area (Å²) in [7, 11) is 1.56.